The van der Waals surface area contributed by atoms with Gasteiger partial charge in [-0.25, -0.2) is 0 Å². The number of hydrogen-bond acceptors (Lipinski definition) is 3. The molecule has 1 N–H and O–H groups in total. The lowest BCUT2D eigenvalue weighted by Gasteiger charge is -2.11. The number of benzene rings is 1. The summed E-state index contributed by atoms with van der Waals surface area (Å²) < 4.78 is 5.63. The summed E-state index contributed by atoms with van der Waals surface area (Å²) in [6.45, 7) is 1.79. The summed E-state index contributed by atoms with van der Waals surface area (Å²) in [7, 11) is 0. The third kappa shape index (κ3) is 2.75. The number of para-hydroxylation sites is 1. The van der Waals surface area contributed by atoms with Crippen LogP contribution in [-0.4, -0.2) is 10.1 Å². The highest BCUT2D eigenvalue weighted by Gasteiger charge is 2.08. The third-order valence-corrected chi connectivity index (χ3v) is 2.62. The number of aryl methyl sites for hydroxylation is 1. The van der Waals surface area contributed by atoms with Crippen LogP contribution in [0.4, 0.5) is 0 Å². The van der Waals surface area contributed by atoms with Gasteiger partial charge in [0.25, 0.3) is 0 Å². The minimum Gasteiger partial charge on any atom is -0.454 e. The number of aliphatic hydroxyl groups excluding tert-OH is 1. The molecule has 0 saturated carbocycles. The molecule has 0 aliphatic rings. The van der Waals surface area contributed by atoms with E-state index in [0.29, 0.717) is 22.1 Å². The molecule has 4 heteroatoms. The Balaban J connectivity index is 2.32. The number of aromatic nitrogens is 1. The lowest BCUT2D eigenvalue weighted by molar-refractivity contribution is 0.276. The second kappa shape index (κ2) is 5.17. The van der Waals surface area contributed by atoms with E-state index in [1.807, 2.05) is 19.1 Å². The number of hydrogen-bond donors (Lipinski definition) is 1. The monoisotopic (exact) mass is 249 g/mol. The Hall–Kier alpha value is -1.58. The second-order valence-corrected chi connectivity index (χ2v) is 4.03. The SMILES string of the molecule is Cc1ccc(Oc2c(Cl)cccc2CO)cn1. The molecule has 0 fully saturated rings. The van der Waals surface area contributed by atoms with E-state index < -0.39 is 0 Å². The van der Waals surface area contributed by atoms with Crippen LogP contribution in [0.5, 0.6) is 11.5 Å². The molecular weight excluding hydrogens is 238 g/mol. The van der Waals surface area contributed by atoms with Gasteiger partial charge in [-0.2, -0.15) is 0 Å². The summed E-state index contributed by atoms with van der Waals surface area (Å²) >= 11 is 6.03. The molecule has 17 heavy (non-hydrogen) atoms. The number of pyridine rings is 1. The van der Waals surface area contributed by atoms with Crippen LogP contribution in [0, 0.1) is 6.92 Å². The van der Waals surface area contributed by atoms with Crippen molar-refractivity contribution < 1.29 is 9.84 Å². The number of rotatable bonds is 3. The molecule has 0 amide bonds. The summed E-state index contributed by atoms with van der Waals surface area (Å²) in [6.07, 6.45) is 1.62. The minimum absolute atomic E-state index is 0.116. The molecule has 0 radical (unpaired) electrons. The molecule has 0 atom stereocenters. The van der Waals surface area contributed by atoms with Crippen LogP contribution in [0.3, 0.4) is 0 Å². The Morgan fingerprint density at radius 3 is 2.76 bits per heavy atom. The van der Waals surface area contributed by atoms with E-state index in [-0.39, 0.29) is 6.61 Å². The first-order chi connectivity index (χ1) is 8.20. The molecular formula is C13H12ClNO2. The van der Waals surface area contributed by atoms with Gasteiger partial charge in [-0.15, -0.1) is 0 Å². The minimum atomic E-state index is -0.116. The van der Waals surface area contributed by atoms with Crippen molar-refractivity contribution >= 4 is 11.6 Å². The Morgan fingerprint density at radius 1 is 1.29 bits per heavy atom. The smallest absolute Gasteiger partial charge is 0.151 e. The first kappa shape index (κ1) is 11.9. The van der Waals surface area contributed by atoms with Gasteiger partial charge in [0, 0.05) is 11.3 Å². The first-order valence-electron chi connectivity index (χ1n) is 5.19. The Labute approximate surface area is 105 Å². The fourth-order valence-electron chi connectivity index (χ4n) is 1.42. The summed E-state index contributed by atoms with van der Waals surface area (Å²) in [4.78, 5) is 4.13. The molecule has 0 spiro atoms. The zero-order chi connectivity index (χ0) is 12.3. The van der Waals surface area contributed by atoms with Crippen LogP contribution < -0.4 is 4.74 Å². The van der Waals surface area contributed by atoms with Crippen molar-refractivity contribution in [3.05, 3.63) is 52.8 Å². The van der Waals surface area contributed by atoms with Crippen molar-refractivity contribution in [3.63, 3.8) is 0 Å². The molecule has 0 bridgehead atoms. The standard InChI is InChI=1S/C13H12ClNO2/c1-9-5-6-11(7-15-9)17-13-10(8-16)3-2-4-12(13)14/h2-7,16H,8H2,1H3. The van der Waals surface area contributed by atoms with Gasteiger partial charge in [-0.05, 0) is 25.1 Å². The maximum Gasteiger partial charge on any atom is 0.151 e. The van der Waals surface area contributed by atoms with Gasteiger partial charge >= 0.3 is 0 Å². The van der Waals surface area contributed by atoms with Gasteiger partial charge in [-0.3, -0.25) is 4.98 Å². The van der Waals surface area contributed by atoms with Gasteiger partial charge in [0.1, 0.15) is 5.75 Å². The molecule has 3 nitrogen and oxygen atoms in total. The Bertz CT molecular complexity index is 511. The molecule has 1 heterocycles. The predicted octanol–water partition coefficient (Wildman–Crippen LogP) is 3.33. The van der Waals surface area contributed by atoms with E-state index >= 15 is 0 Å². The summed E-state index contributed by atoms with van der Waals surface area (Å²) in [5.41, 5.74) is 1.57. The van der Waals surface area contributed by atoms with Crippen LogP contribution in [-0.2, 0) is 6.61 Å². The maximum atomic E-state index is 9.21. The lowest BCUT2D eigenvalue weighted by atomic mass is 10.2. The number of ether oxygens (including phenoxy) is 1. The molecule has 0 aliphatic heterocycles. The molecule has 88 valence electrons. The highest BCUT2D eigenvalue weighted by molar-refractivity contribution is 6.32. The van der Waals surface area contributed by atoms with E-state index in [9.17, 15) is 5.11 Å². The zero-order valence-corrected chi connectivity index (χ0v) is 10.1. The van der Waals surface area contributed by atoms with Crippen molar-refractivity contribution in [2.75, 3.05) is 0 Å². The van der Waals surface area contributed by atoms with Gasteiger partial charge in [-0.1, -0.05) is 23.7 Å². The van der Waals surface area contributed by atoms with Crippen LogP contribution in [0.15, 0.2) is 36.5 Å². The average molecular weight is 250 g/mol. The zero-order valence-electron chi connectivity index (χ0n) is 9.35. The van der Waals surface area contributed by atoms with Gasteiger partial charge < -0.3 is 9.84 Å². The average Bonchev–Trinajstić information content (AvgIpc) is 2.34. The van der Waals surface area contributed by atoms with Crippen molar-refractivity contribution in [2.45, 2.75) is 13.5 Å². The highest BCUT2D eigenvalue weighted by Crippen LogP contribution is 2.32. The van der Waals surface area contributed by atoms with Crippen LogP contribution >= 0.6 is 11.6 Å². The first-order valence-corrected chi connectivity index (χ1v) is 5.57. The fraction of sp³-hybridized carbons (Fsp3) is 0.154. The lowest BCUT2D eigenvalue weighted by Crippen LogP contribution is -1.93. The van der Waals surface area contributed by atoms with Crippen LogP contribution in [0.1, 0.15) is 11.3 Å². The van der Waals surface area contributed by atoms with Gasteiger partial charge in [0.15, 0.2) is 5.75 Å². The molecule has 0 saturated heterocycles. The highest BCUT2D eigenvalue weighted by atomic mass is 35.5. The van der Waals surface area contributed by atoms with Crippen molar-refractivity contribution in [2.24, 2.45) is 0 Å². The van der Waals surface area contributed by atoms with Crippen LogP contribution in [0.25, 0.3) is 0 Å². The quantitative estimate of drug-likeness (QED) is 0.907. The van der Waals surface area contributed by atoms with Crippen molar-refractivity contribution in [1.82, 2.24) is 4.98 Å². The number of nitrogens with zero attached hydrogens (tertiary/aromatic N) is 1. The summed E-state index contributed by atoms with van der Waals surface area (Å²) in [5, 5.41) is 9.68. The third-order valence-electron chi connectivity index (χ3n) is 2.32. The van der Waals surface area contributed by atoms with E-state index in [1.54, 1.807) is 24.4 Å². The predicted molar refractivity (Wildman–Crippen MR) is 66.4 cm³/mol. The topological polar surface area (TPSA) is 42.4 Å². The van der Waals surface area contributed by atoms with Crippen LogP contribution in [0.2, 0.25) is 5.02 Å². The normalized spacial score (nSPS) is 10.3. The van der Waals surface area contributed by atoms with E-state index in [2.05, 4.69) is 4.98 Å². The van der Waals surface area contributed by atoms with Gasteiger partial charge in [0.2, 0.25) is 0 Å². The molecule has 2 rings (SSSR count). The maximum absolute atomic E-state index is 9.21. The molecule has 1 aromatic heterocycles. The number of aliphatic hydroxyl groups is 1. The molecule has 0 aliphatic carbocycles. The van der Waals surface area contributed by atoms with Gasteiger partial charge in [0.05, 0.1) is 17.8 Å². The summed E-state index contributed by atoms with van der Waals surface area (Å²) in [5.74, 6) is 1.07. The van der Waals surface area contributed by atoms with Crippen molar-refractivity contribution in [1.29, 1.82) is 0 Å². The molecule has 0 unspecified atom stereocenters. The van der Waals surface area contributed by atoms with Crippen molar-refractivity contribution in [3.8, 4) is 11.5 Å². The summed E-state index contributed by atoms with van der Waals surface area (Å²) in [6, 6.07) is 8.92. The Kier molecular flexibility index (Phi) is 3.61. The second-order valence-electron chi connectivity index (χ2n) is 3.62. The van der Waals surface area contributed by atoms with E-state index in [4.69, 9.17) is 16.3 Å². The Morgan fingerprint density at radius 2 is 2.12 bits per heavy atom. The molecule has 2 aromatic rings. The fourth-order valence-corrected chi connectivity index (χ4v) is 1.66. The van der Waals surface area contributed by atoms with E-state index in [1.165, 1.54) is 0 Å². The molecule has 1 aromatic carbocycles. The largest absolute Gasteiger partial charge is 0.454 e. The van der Waals surface area contributed by atoms with E-state index in [0.717, 1.165) is 5.69 Å². The number of halogens is 1.